The van der Waals surface area contributed by atoms with Crippen LogP contribution in [0.4, 0.5) is 5.69 Å². The van der Waals surface area contributed by atoms with Crippen molar-refractivity contribution in [2.24, 2.45) is 0 Å². The number of nitro benzene ring substituents is 1. The highest BCUT2D eigenvalue weighted by Crippen LogP contribution is 2.33. The highest BCUT2D eigenvalue weighted by atomic mass is 16.6. The molecule has 0 aliphatic heterocycles. The van der Waals surface area contributed by atoms with Gasteiger partial charge in [-0.3, -0.25) is 10.1 Å². The van der Waals surface area contributed by atoms with Gasteiger partial charge in [-0.2, -0.15) is 0 Å². The Labute approximate surface area is 144 Å². The summed E-state index contributed by atoms with van der Waals surface area (Å²) in [6.45, 7) is -0.191. The first kappa shape index (κ1) is 15.7. The molecule has 0 radical (unpaired) electrons. The third kappa shape index (κ3) is 2.71. The molecule has 0 spiro atoms. The molecule has 0 atom stereocenters. The number of benzene rings is 2. The standard InChI is InChI=1S/C15H10N6O5/c22-8-9-7-20(19-16-9)10-1-3-11(4-2-10)25-13-6-5-12(21(23)24)14-15(13)18-26-17-14/h1-7,22H,8H2. The van der Waals surface area contributed by atoms with E-state index in [2.05, 4.69) is 25.3 Å². The van der Waals surface area contributed by atoms with Gasteiger partial charge in [0, 0.05) is 6.07 Å². The van der Waals surface area contributed by atoms with Crippen molar-refractivity contribution in [3.05, 3.63) is 58.4 Å². The maximum atomic E-state index is 11.0. The molecule has 2 aromatic carbocycles. The SMILES string of the molecule is O=[N+]([O-])c1ccc(Oc2ccc(-n3cc(CO)nn3)cc2)c2nonc12. The van der Waals surface area contributed by atoms with E-state index in [0.29, 0.717) is 11.4 Å². The van der Waals surface area contributed by atoms with Crippen molar-refractivity contribution in [3.8, 4) is 17.2 Å². The molecule has 0 saturated heterocycles. The summed E-state index contributed by atoms with van der Waals surface area (Å²) in [6.07, 6.45) is 1.61. The first-order chi connectivity index (χ1) is 12.7. The number of non-ortho nitro benzene ring substituents is 1. The number of hydrogen-bond acceptors (Lipinski definition) is 9. The van der Waals surface area contributed by atoms with Crippen molar-refractivity contribution < 1.29 is 19.4 Å². The van der Waals surface area contributed by atoms with Crippen LogP contribution in [0.5, 0.6) is 11.5 Å². The number of aromatic nitrogens is 5. The summed E-state index contributed by atoms with van der Waals surface area (Å²) in [5.74, 6) is 0.761. The molecule has 26 heavy (non-hydrogen) atoms. The van der Waals surface area contributed by atoms with Gasteiger partial charge in [0.05, 0.1) is 23.4 Å². The van der Waals surface area contributed by atoms with E-state index in [1.807, 2.05) is 0 Å². The van der Waals surface area contributed by atoms with Crippen LogP contribution in [-0.4, -0.2) is 35.3 Å². The minimum Gasteiger partial charge on any atom is -0.455 e. The minimum atomic E-state index is -0.566. The van der Waals surface area contributed by atoms with E-state index in [1.165, 1.54) is 16.8 Å². The zero-order valence-corrected chi connectivity index (χ0v) is 13.0. The molecule has 0 unspecified atom stereocenters. The average molecular weight is 354 g/mol. The lowest BCUT2D eigenvalue weighted by atomic mass is 10.2. The molecule has 0 fully saturated rings. The maximum Gasteiger partial charge on any atom is 0.301 e. The molecule has 1 N–H and O–H groups in total. The van der Waals surface area contributed by atoms with Crippen LogP contribution < -0.4 is 4.74 Å². The van der Waals surface area contributed by atoms with E-state index >= 15 is 0 Å². The Balaban J connectivity index is 1.62. The lowest BCUT2D eigenvalue weighted by Gasteiger charge is -2.06. The van der Waals surface area contributed by atoms with Crippen molar-refractivity contribution in [1.82, 2.24) is 25.3 Å². The van der Waals surface area contributed by atoms with E-state index in [0.717, 1.165) is 5.69 Å². The topological polar surface area (TPSA) is 142 Å². The lowest BCUT2D eigenvalue weighted by Crippen LogP contribution is -1.95. The fourth-order valence-corrected chi connectivity index (χ4v) is 2.35. The normalized spacial score (nSPS) is 11.0. The van der Waals surface area contributed by atoms with Crippen LogP contribution in [-0.2, 0) is 6.61 Å². The van der Waals surface area contributed by atoms with Gasteiger partial charge in [0.2, 0.25) is 5.52 Å². The summed E-state index contributed by atoms with van der Waals surface area (Å²) < 4.78 is 11.8. The molecule has 0 amide bonds. The molecular weight excluding hydrogens is 344 g/mol. The quantitative estimate of drug-likeness (QED) is 0.420. The molecule has 2 heterocycles. The fourth-order valence-electron chi connectivity index (χ4n) is 2.35. The molecular formula is C15H10N6O5. The van der Waals surface area contributed by atoms with Gasteiger partial charge in [0.15, 0.2) is 11.3 Å². The molecule has 4 aromatic rings. The van der Waals surface area contributed by atoms with Gasteiger partial charge in [0.25, 0.3) is 0 Å². The van der Waals surface area contributed by atoms with Gasteiger partial charge in [-0.15, -0.1) is 5.10 Å². The highest BCUT2D eigenvalue weighted by Gasteiger charge is 2.20. The predicted octanol–water partition coefficient (Wildman–Crippen LogP) is 2.00. The number of aliphatic hydroxyl groups excluding tert-OH is 1. The Morgan fingerprint density at radius 2 is 1.92 bits per heavy atom. The third-order valence-electron chi connectivity index (χ3n) is 3.59. The number of rotatable bonds is 5. The van der Waals surface area contributed by atoms with Gasteiger partial charge in [-0.25, -0.2) is 9.31 Å². The second kappa shape index (κ2) is 6.22. The minimum absolute atomic E-state index is 0.0169. The molecule has 4 rings (SSSR count). The fraction of sp³-hybridized carbons (Fsp3) is 0.0667. The van der Waals surface area contributed by atoms with E-state index in [9.17, 15) is 10.1 Å². The van der Waals surface area contributed by atoms with E-state index in [4.69, 9.17) is 9.84 Å². The summed E-state index contributed by atoms with van der Waals surface area (Å²) in [6, 6.07) is 9.59. The summed E-state index contributed by atoms with van der Waals surface area (Å²) in [4.78, 5) is 10.4. The van der Waals surface area contributed by atoms with Crippen LogP contribution in [0.15, 0.2) is 47.2 Å². The lowest BCUT2D eigenvalue weighted by molar-refractivity contribution is -0.383. The average Bonchev–Trinajstić information content (AvgIpc) is 3.32. The predicted molar refractivity (Wildman–Crippen MR) is 85.8 cm³/mol. The van der Waals surface area contributed by atoms with Crippen molar-refractivity contribution in [2.45, 2.75) is 6.61 Å². The first-order valence-corrected chi connectivity index (χ1v) is 7.36. The third-order valence-corrected chi connectivity index (χ3v) is 3.59. The molecule has 0 aliphatic rings. The summed E-state index contributed by atoms with van der Waals surface area (Å²) in [5.41, 5.74) is 1.14. The number of ether oxygens (including phenoxy) is 1. The van der Waals surface area contributed by atoms with Gasteiger partial charge in [0.1, 0.15) is 11.4 Å². The molecule has 0 saturated carbocycles. The first-order valence-electron chi connectivity index (χ1n) is 7.36. The zero-order valence-electron chi connectivity index (χ0n) is 13.0. The molecule has 0 aliphatic carbocycles. The molecule has 0 bridgehead atoms. The Kier molecular flexibility index (Phi) is 3.74. The Morgan fingerprint density at radius 1 is 1.15 bits per heavy atom. The number of nitro groups is 1. The Hall–Kier alpha value is -3.86. The van der Waals surface area contributed by atoms with Gasteiger partial charge in [-0.1, -0.05) is 5.21 Å². The second-order valence-electron chi connectivity index (χ2n) is 5.21. The number of aliphatic hydroxyl groups is 1. The largest absolute Gasteiger partial charge is 0.455 e. The van der Waals surface area contributed by atoms with Gasteiger partial charge >= 0.3 is 5.69 Å². The summed E-state index contributed by atoms with van der Waals surface area (Å²) in [7, 11) is 0. The Morgan fingerprint density at radius 3 is 2.62 bits per heavy atom. The van der Waals surface area contributed by atoms with E-state index in [-0.39, 0.29) is 29.1 Å². The molecule has 11 heteroatoms. The Bertz CT molecular complexity index is 1090. The van der Waals surface area contributed by atoms with Crippen molar-refractivity contribution in [1.29, 1.82) is 0 Å². The zero-order chi connectivity index (χ0) is 18.1. The number of fused-ring (bicyclic) bond motifs is 1. The highest BCUT2D eigenvalue weighted by molar-refractivity contribution is 5.88. The molecule has 130 valence electrons. The van der Waals surface area contributed by atoms with E-state index in [1.54, 1.807) is 30.5 Å². The van der Waals surface area contributed by atoms with Crippen molar-refractivity contribution in [2.75, 3.05) is 0 Å². The van der Waals surface area contributed by atoms with Crippen LogP contribution in [0.2, 0.25) is 0 Å². The number of hydrogen-bond donors (Lipinski definition) is 1. The van der Waals surface area contributed by atoms with Crippen LogP contribution in [0.25, 0.3) is 16.7 Å². The molecule has 2 aromatic heterocycles. The monoisotopic (exact) mass is 354 g/mol. The van der Waals surface area contributed by atoms with E-state index < -0.39 is 4.92 Å². The van der Waals surface area contributed by atoms with Crippen molar-refractivity contribution in [3.63, 3.8) is 0 Å². The van der Waals surface area contributed by atoms with Crippen LogP contribution >= 0.6 is 0 Å². The van der Waals surface area contributed by atoms with Gasteiger partial charge in [-0.05, 0) is 40.6 Å². The molecule has 11 nitrogen and oxygen atoms in total. The number of nitrogens with zero attached hydrogens (tertiary/aromatic N) is 6. The second-order valence-corrected chi connectivity index (χ2v) is 5.21. The smallest absolute Gasteiger partial charge is 0.301 e. The summed E-state index contributed by atoms with van der Waals surface area (Å²) in [5, 5.41) is 35.0. The van der Waals surface area contributed by atoms with Crippen molar-refractivity contribution >= 4 is 16.7 Å². The van der Waals surface area contributed by atoms with Gasteiger partial charge < -0.3 is 9.84 Å². The van der Waals surface area contributed by atoms with Crippen LogP contribution in [0.1, 0.15) is 5.69 Å². The van der Waals surface area contributed by atoms with Crippen LogP contribution in [0.3, 0.4) is 0 Å². The maximum absolute atomic E-state index is 11.0. The van der Waals surface area contributed by atoms with Crippen LogP contribution in [0, 0.1) is 10.1 Å². The summed E-state index contributed by atoms with van der Waals surface area (Å²) >= 11 is 0.